The highest BCUT2D eigenvalue weighted by Gasteiger charge is 2.31. The molecule has 2 heterocycles. The molecule has 114 valence electrons. The fourth-order valence-corrected chi connectivity index (χ4v) is 2.87. The van der Waals surface area contributed by atoms with Gasteiger partial charge < -0.3 is 24.1 Å². The number of hydrogen-bond donors (Lipinski definition) is 1. The van der Waals surface area contributed by atoms with E-state index in [2.05, 4.69) is 0 Å². The fraction of sp³-hybridized carbons (Fsp3) is 0.294. The molecule has 2 aromatic carbocycles. The molecule has 2 aromatic rings. The normalized spacial score (nSPS) is 21.9. The van der Waals surface area contributed by atoms with Crippen LogP contribution in [0.15, 0.2) is 36.4 Å². The second-order valence-corrected chi connectivity index (χ2v) is 5.40. The van der Waals surface area contributed by atoms with E-state index < -0.39 is 12.2 Å². The summed E-state index contributed by atoms with van der Waals surface area (Å²) in [4.78, 5) is 0. The summed E-state index contributed by atoms with van der Waals surface area (Å²) in [6, 6.07) is 11.2. The molecule has 0 amide bonds. The summed E-state index contributed by atoms with van der Waals surface area (Å²) >= 11 is 0. The predicted octanol–water partition coefficient (Wildman–Crippen LogP) is 2.46. The van der Waals surface area contributed by atoms with Crippen LogP contribution in [-0.2, 0) is 6.42 Å². The first-order valence-corrected chi connectivity index (χ1v) is 7.16. The molecule has 5 nitrogen and oxygen atoms in total. The largest absolute Gasteiger partial charge is 0.497 e. The maximum atomic E-state index is 10.4. The predicted molar refractivity (Wildman–Crippen MR) is 78.6 cm³/mol. The highest BCUT2D eigenvalue weighted by Crippen LogP contribution is 2.40. The summed E-state index contributed by atoms with van der Waals surface area (Å²) in [5, 5.41) is 10.4. The minimum Gasteiger partial charge on any atom is -0.497 e. The Hall–Kier alpha value is -2.40. The van der Waals surface area contributed by atoms with E-state index in [1.165, 1.54) is 0 Å². The average Bonchev–Trinajstić information content (AvgIpc) is 3.01. The van der Waals surface area contributed by atoms with Crippen LogP contribution >= 0.6 is 0 Å². The van der Waals surface area contributed by atoms with Gasteiger partial charge in [0.25, 0.3) is 0 Å². The first-order chi connectivity index (χ1) is 10.7. The maximum Gasteiger partial charge on any atom is 0.231 e. The maximum absolute atomic E-state index is 10.4. The highest BCUT2D eigenvalue weighted by molar-refractivity contribution is 5.47. The van der Waals surface area contributed by atoms with Crippen molar-refractivity contribution in [1.82, 2.24) is 0 Å². The molecule has 0 radical (unpaired) electrons. The van der Waals surface area contributed by atoms with Crippen molar-refractivity contribution in [1.29, 1.82) is 0 Å². The van der Waals surface area contributed by atoms with Crippen LogP contribution in [0.5, 0.6) is 23.0 Å². The molecular formula is C17H16O5. The van der Waals surface area contributed by atoms with E-state index in [0.29, 0.717) is 12.2 Å². The molecule has 0 unspecified atom stereocenters. The molecule has 0 spiro atoms. The van der Waals surface area contributed by atoms with Crippen molar-refractivity contribution >= 4 is 0 Å². The van der Waals surface area contributed by atoms with Crippen LogP contribution in [0.1, 0.15) is 17.2 Å². The Kier molecular flexibility index (Phi) is 3.08. The van der Waals surface area contributed by atoms with Crippen LogP contribution in [0, 0.1) is 0 Å². The van der Waals surface area contributed by atoms with E-state index in [-0.39, 0.29) is 6.79 Å². The molecule has 0 fully saturated rings. The van der Waals surface area contributed by atoms with Crippen molar-refractivity contribution in [3.8, 4) is 23.0 Å². The monoisotopic (exact) mass is 300 g/mol. The lowest BCUT2D eigenvalue weighted by molar-refractivity contribution is 0.0206. The van der Waals surface area contributed by atoms with Gasteiger partial charge in [-0.05, 0) is 29.3 Å². The van der Waals surface area contributed by atoms with E-state index in [1.54, 1.807) is 7.11 Å². The van der Waals surface area contributed by atoms with Crippen molar-refractivity contribution < 1.29 is 24.1 Å². The van der Waals surface area contributed by atoms with E-state index >= 15 is 0 Å². The van der Waals surface area contributed by atoms with Crippen molar-refractivity contribution in [3.05, 3.63) is 47.5 Å². The molecule has 4 rings (SSSR count). The Balaban J connectivity index is 1.67. The molecule has 5 heteroatoms. The van der Waals surface area contributed by atoms with Crippen LogP contribution in [-0.4, -0.2) is 25.1 Å². The molecule has 0 aromatic heterocycles. The Morgan fingerprint density at radius 1 is 1.05 bits per heavy atom. The molecule has 0 saturated carbocycles. The third kappa shape index (κ3) is 2.14. The molecule has 2 atom stereocenters. The van der Waals surface area contributed by atoms with Gasteiger partial charge >= 0.3 is 0 Å². The molecule has 0 aliphatic carbocycles. The van der Waals surface area contributed by atoms with Gasteiger partial charge in [0.2, 0.25) is 6.79 Å². The fourth-order valence-electron chi connectivity index (χ4n) is 2.87. The average molecular weight is 300 g/mol. The van der Waals surface area contributed by atoms with Crippen LogP contribution in [0.2, 0.25) is 0 Å². The zero-order valence-electron chi connectivity index (χ0n) is 12.1. The van der Waals surface area contributed by atoms with E-state index in [4.69, 9.17) is 18.9 Å². The number of methoxy groups -OCH3 is 1. The third-order valence-corrected chi connectivity index (χ3v) is 4.03. The van der Waals surface area contributed by atoms with Crippen LogP contribution in [0.3, 0.4) is 0 Å². The highest BCUT2D eigenvalue weighted by atomic mass is 16.7. The third-order valence-electron chi connectivity index (χ3n) is 4.03. The van der Waals surface area contributed by atoms with Gasteiger partial charge in [-0.15, -0.1) is 0 Å². The SMILES string of the molecule is COc1ccc2c(c1)O[C@H](c1ccc3c(c1)OCO3)[C@@H](O)C2. The van der Waals surface area contributed by atoms with Gasteiger partial charge in [-0.25, -0.2) is 0 Å². The lowest BCUT2D eigenvalue weighted by Gasteiger charge is -2.31. The van der Waals surface area contributed by atoms with Crippen LogP contribution in [0.4, 0.5) is 0 Å². The lowest BCUT2D eigenvalue weighted by Crippen LogP contribution is -2.30. The van der Waals surface area contributed by atoms with Crippen molar-refractivity contribution in [3.63, 3.8) is 0 Å². The number of fused-ring (bicyclic) bond motifs is 2. The zero-order valence-corrected chi connectivity index (χ0v) is 12.1. The van der Waals surface area contributed by atoms with Crippen LogP contribution in [0.25, 0.3) is 0 Å². The van der Waals surface area contributed by atoms with Crippen molar-refractivity contribution in [2.24, 2.45) is 0 Å². The van der Waals surface area contributed by atoms with E-state index in [1.807, 2.05) is 36.4 Å². The van der Waals surface area contributed by atoms with Gasteiger partial charge in [-0.1, -0.05) is 12.1 Å². The van der Waals surface area contributed by atoms with Crippen LogP contribution < -0.4 is 18.9 Å². The molecule has 2 aliphatic rings. The minimum atomic E-state index is -0.610. The topological polar surface area (TPSA) is 57.2 Å². The minimum absolute atomic E-state index is 0.229. The summed E-state index contributed by atoms with van der Waals surface area (Å²) in [7, 11) is 1.62. The Morgan fingerprint density at radius 2 is 1.91 bits per heavy atom. The number of benzene rings is 2. The van der Waals surface area contributed by atoms with E-state index in [9.17, 15) is 5.11 Å². The molecule has 2 aliphatic heterocycles. The van der Waals surface area contributed by atoms with Gasteiger partial charge in [0.1, 0.15) is 17.6 Å². The molecule has 22 heavy (non-hydrogen) atoms. The summed E-state index contributed by atoms with van der Waals surface area (Å²) in [6.45, 7) is 0.229. The molecule has 0 bridgehead atoms. The summed E-state index contributed by atoms with van der Waals surface area (Å²) in [5.74, 6) is 2.88. The van der Waals surface area contributed by atoms with Crippen molar-refractivity contribution in [2.45, 2.75) is 18.6 Å². The Bertz CT molecular complexity index is 712. The summed E-state index contributed by atoms with van der Waals surface area (Å²) in [6.07, 6.45) is -0.506. The number of aliphatic hydroxyl groups excluding tert-OH is 1. The second kappa shape index (κ2) is 5.10. The molecule has 1 N–H and O–H groups in total. The van der Waals surface area contributed by atoms with Gasteiger partial charge in [-0.2, -0.15) is 0 Å². The summed E-state index contributed by atoms with van der Waals surface area (Å²) < 4.78 is 21.9. The number of ether oxygens (including phenoxy) is 4. The number of hydrogen-bond acceptors (Lipinski definition) is 5. The van der Waals surface area contributed by atoms with E-state index in [0.717, 1.165) is 28.4 Å². The smallest absolute Gasteiger partial charge is 0.231 e. The van der Waals surface area contributed by atoms with Gasteiger partial charge in [-0.3, -0.25) is 0 Å². The van der Waals surface area contributed by atoms with Crippen molar-refractivity contribution in [2.75, 3.05) is 13.9 Å². The summed E-state index contributed by atoms with van der Waals surface area (Å²) in [5.41, 5.74) is 1.84. The number of rotatable bonds is 2. The van der Waals surface area contributed by atoms with Gasteiger partial charge in [0.05, 0.1) is 13.2 Å². The quantitative estimate of drug-likeness (QED) is 0.923. The first kappa shape index (κ1) is 13.3. The zero-order chi connectivity index (χ0) is 15.1. The molecule has 0 saturated heterocycles. The van der Waals surface area contributed by atoms with Gasteiger partial charge in [0, 0.05) is 12.5 Å². The Morgan fingerprint density at radius 3 is 2.77 bits per heavy atom. The second-order valence-electron chi connectivity index (χ2n) is 5.40. The Labute approximate surface area is 128 Å². The lowest BCUT2D eigenvalue weighted by atomic mass is 9.94. The van der Waals surface area contributed by atoms with Gasteiger partial charge in [0.15, 0.2) is 11.5 Å². The molecular weight excluding hydrogens is 284 g/mol. The first-order valence-electron chi connectivity index (χ1n) is 7.16. The standard InChI is InChI=1S/C17H16O5/c1-19-12-4-2-10-6-13(18)17(22-15(10)8-12)11-3-5-14-16(7-11)21-9-20-14/h2-5,7-8,13,17-18H,6,9H2,1H3/t13-,17+/m0/s1. The number of aliphatic hydroxyl groups is 1.